The molecule has 0 bridgehead atoms. The number of carboxylic acid groups (broad SMARTS) is 1. The van der Waals surface area contributed by atoms with E-state index >= 15 is 0 Å². The quantitative estimate of drug-likeness (QED) is 0.198. The molecule has 6 N–H and O–H groups in total. The summed E-state index contributed by atoms with van der Waals surface area (Å²) < 4.78 is -0.788. The highest BCUT2D eigenvalue weighted by Gasteiger charge is 2.35. The number of aliphatic carboxylic acids is 1. The van der Waals surface area contributed by atoms with Gasteiger partial charge in [0.15, 0.2) is 0 Å². The van der Waals surface area contributed by atoms with E-state index in [1.165, 1.54) is 11.8 Å². The molecule has 0 saturated heterocycles. The second-order valence-corrected chi connectivity index (χ2v) is 11.1. The maximum absolute atomic E-state index is 13.0. The van der Waals surface area contributed by atoms with Gasteiger partial charge in [-0.15, -0.1) is 0 Å². The Morgan fingerprint density at radius 2 is 1.50 bits per heavy atom. The molecule has 0 fully saturated rings. The molecule has 11 heteroatoms. The van der Waals surface area contributed by atoms with Crippen LogP contribution in [0, 0.1) is 11.8 Å². The zero-order valence-corrected chi connectivity index (χ0v) is 21.8. The van der Waals surface area contributed by atoms with Crippen LogP contribution in [0.25, 0.3) is 0 Å². The largest absolute Gasteiger partial charge is 0.480 e. The third kappa shape index (κ3) is 9.99. The van der Waals surface area contributed by atoms with E-state index in [2.05, 4.69) is 28.6 Å². The molecule has 0 aromatic heterocycles. The number of nitrogens with two attached hydrogens (primary N) is 1. The lowest BCUT2D eigenvalue weighted by atomic mass is 9.95. The fraction of sp³-hybridized carbons (Fsp3) is 0.810. The Bertz CT molecular complexity index is 655. The molecule has 186 valence electrons. The predicted octanol–water partition coefficient (Wildman–Crippen LogP) is 1.02. The second-order valence-electron chi connectivity index (χ2n) is 8.91. The molecule has 9 nitrogen and oxygen atoms in total. The monoisotopic (exact) mass is 492 g/mol. The average molecular weight is 493 g/mol. The number of amides is 3. The SMILES string of the molecule is CCC(C)C(NC(=O)C(NC(=O)C(N)C(C)(C)S)C(C)C)C(=O)NC(CCSC)C(=O)O. The van der Waals surface area contributed by atoms with Crippen LogP contribution in [0.2, 0.25) is 0 Å². The van der Waals surface area contributed by atoms with Crippen molar-refractivity contribution < 1.29 is 24.3 Å². The molecule has 0 aliphatic carbocycles. The van der Waals surface area contributed by atoms with Crippen LogP contribution in [-0.2, 0) is 19.2 Å². The summed E-state index contributed by atoms with van der Waals surface area (Å²) >= 11 is 5.80. The lowest BCUT2D eigenvalue weighted by Gasteiger charge is -2.31. The van der Waals surface area contributed by atoms with E-state index < -0.39 is 52.6 Å². The zero-order chi connectivity index (χ0) is 25.2. The molecule has 0 aromatic carbocycles. The molecule has 0 spiro atoms. The van der Waals surface area contributed by atoms with Crippen molar-refractivity contribution in [2.45, 2.75) is 83.3 Å². The Morgan fingerprint density at radius 3 is 1.91 bits per heavy atom. The average Bonchev–Trinajstić information content (AvgIpc) is 2.70. The van der Waals surface area contributed by atoms with Gasteiger partial charge >= 0.3 is 5.97 Å². The van der Waals surface area contributed by atoms with Gasteiger partial charge in [-0.1, -0.05) is 34.1 Å². The first-order valence-electron chi connectivity index (χ1n) is 10.8. The van der Waals surface area contributed by atoms with Gasteiger partial charge in [0, 0.05) is 4.75 Å². The number of carbonyl (C=O) groups is 4. The molecule has 32 heavy (non-hydrogen) atoms. The van der Waals surface area contributed by atoms with E-state index in [9.17, 15) is 24.3 Å². The van der Waals surface area contributed by atoms with Crippen molar-refractivity contribution in [3.05, 3.63) is 0 Å². The number of hydrogen-bond acceptors (Lipinski definition) is 7. The molecule has 0 saturated carbocycles. The van der Waals surface area contributed by atoms with Crippen LogP contribution in [-0.4, -0.2) is 69.7 Å². The Morgan fingerprint density at radius 1 is 1.00 bits per heavy atom. The van der Waals surface area contributed by atoms with Crippen molar-refractivity contribution in [2.75, 3.05) is 12.0 Å². The van der Waals surface area contributed by atoms with Crippen molar-refractivity contribution >= 4 is 48.1 Å². The number of carboxylic acids is 1. The van der Waals surface area contributed by atoms with Gasteiger partial charge in [-0.25, -0.2) is 4.79 Å². The van der Waals surface area contributed by atoms with Crippen LogP contribution < -0.4 is 21.7 Å². The van der Waals surface area contributed by atoms with E-state index in [-0.39, 0.29) is 18.3 Å². The highest BCUT2D eigenvalue weighted by atomic mass is 32.2. The van der Waals surface area contributed by atoms with E-state index in [4.69, 9.17) is 5.73 Å². The first-order chi connectivity index (χ1) is 14.7. The highest BCUT2D eigenvalue weighted by molar-refractivity contribution is 7.98. The minimum atomic E-state index is -1.13. The molecule has 0 aromatic rings. The maximum Gasteiger partial charge on any atom is 0.326 e. The van der Waals surface area contributed by atoms with Crippen LogP contribution in [0.5, 0.6) is 0 Å². The summed E-state index contributed by atoms with van der Waals surface area (Å²) in [5.74, 6) is -2.71. The molecular formula is C21H40N4O5S2. The van der Waals surface area contributed by atoms with Gasteiger partial charge in [0.1, 0.15) is 18.1 Å². The number of hydrogen-bond donors (Lipinski definition) is 6. The predicted molar refractivity (Wildman–Crippen MR) is 132 cm³/mol. The minimum absolute atomic E-state index is 0.254. The van der Waals surface area contributed by atoms with E-state index in [1.54, 1.807) is 34.6 Å². The lowest BCUT2D eigenvalue weighted by molar-refractivity contribution is -0.142. The molecular weight excluding hydrogens is 452 g/mol. The fourth-order valence-corrected chi connectivity index (χ4v) is 3.39. The van der Waals surface area contributed by atoms with Crippen LogP contribution in [0.15, 0.2) is 0 Å². The van der Waals surface area contributed by atoms with Crippen LogP contribution in [0.3, 0.4) is 0 Å². The summed E-state index contributed by atoms with van der Waals surface area (Å²) in [6.07, 6.45) is 2.70. The number of carbonyl (C=O) groups excluding carboxylic acids is 3. The Kier molecular flexibility index (Phi) is 13.3. The standard InChI is InChI=1S/C21H40N4O5S2/c1-8-12(4)15(18(27)23-13(20(29)30)9-10-32-7)25-17(26)14(11(2)3)24-19(28)16(22)21(5,6)31/h11-16,31H,8-10,22H2,1-7H3,(H,23,27)(H,24,28)(H,25,26)(H,29,30). The van der Waals surface area contributed by atoms with Crippen molar-refractivity contribution in [3.63, 3.8) is 0 Å². The molecule has 0 aliphatic heterocycles. The summed E-state index contributed by atoms with van der Waals surface area (Å²) in [6.45, 7) is 10.6. The summed E-state index contributed by atoms with van der Waals surface area (Å²) in [5, 5.41) is 17.3. The van der Waals surface area contributed by atoms with Gasteiger partial charge in [0.2, 0.25) is 17.7 Å². The Labute approximate surface area is 201 Å². The van der Waals surface area contributed by atoms with Gasteiger partial charge < -0.3 is 26.8 Å². The Balaban J connectivity index is 5.52. The summed E-state index contributed by atoms with van der Waals surface area (Å²) in [7, 11) is 0. The highest BCUT2D eigenvalue weighted by Crippen LogP contribution is 2.17. The van der Waals surface area contributed by atoms with Crippen LogP contribution in [0.1, 0.15) is 54.4 Å². The molecule has 5 atom stereocenters. The third-order valence-electron chi connectivity index (χ3n) is 5.31. The van der Waals surface area contributed by atoms with Gasteiger partial charge in [0.25, 0.3) is 0 Å². The van der Waals surface area contributed by atoms with Crippen molar-refractivity contribution in [2.24, 2.45) is 17.6 Å². The van der Waals surface area contributed by atoms with Gasteiger partial charge in [0.05, 0.1) is 6.04 Å². The summed E-state index contributed by atoms with van der Waals surface area (Å²) in [6, 6.07) is -3.86. The molecule has 3 amide bonds. The minimum Gasteiger partial charge on any atom is -0.480 e. The molecule has 0 radical (unpaired) electrons. The van der Waals surface area contributed by atoms with E-state index in [0.717, 1.165) is 0 Å². The smallest absolute Gasteiger partial charge is 0.326 e. The van der Waals surface area contributed by atoms with Gasteiger partial charge in [-0.2, -0.15) is 24.4 Å². The van der Waals surface area contributed by atoms with Gasteiger partial charge in [-0.3, -0.25) is 14.4 Å². The molecule has 0 aliphatic rings. The first-order valence-corrected chi connectivity index (χ1v) is 12.6. The number of nitrogens with one attached hydrogen (secondary N) is 3. The van der Waals surface area contributed by atoms with E-state index in [0.29, 0.717) is 12.2 Å². The molecule has 0 rings (SSSR count). The van der Waals surface area contributed by atoms with Crippen molar-refractivity contribution in [3.8, 4) is 0 Å². The van der Waals surface area contributed by atoms with Gasteiger partial charge in [-0.05, 0) is 44.1 Å². The fourth-order valence-electron chi connectivity index (χ4n) is 2.80. The van der Waals surface area contributed by atoms with Crippen molar-refractivity contribution in [1.29, 1.82) is 0 Å². The van der Waals surface area contributed by atoms with E-state index in [1.807, 2.05) is 13.2 Å². The van der Waals surface area contributed by atoms with Crippen molar-refractivity contribution in [1.82, 2.24) is 16.0 Å². The van der Waals surface area contributed by atoms with Crippen LogP contribution in [0.4, 0.5) is 0 Å². The molecule has 5 unspecified atom stereocenters. The first kappa shape index (κ1) is 30.5. The topological polar surface area (TPSA) is 151 Å². The Hall–Kier alpha value is -1.46. The summed E-state index contributed by atoms with van der Waals surface area (Å²) in [5.41, 5.74) is 5.94. The summed E-state index contributed by atoms with van der Waals surface area (Å²) in [4.78, 5) is 50.0. The number of rotatable bonds is 14. The maximum atomic E-state index is 13.0. The van der Waals surface area contributed by atoms with Crippen LogP contribution >= 0.6 is 24.4 Å². The normalized spacial score (nSPS) is 16.4. The zero-order valence-electron chi connectivity index (χ0n) is 20.1. The molecule has 0 heterocycles. The third-order valence-corrected chi connectivity index (χ3v) is 6.23. The second kappa shape index (κ2) is 13.9. The number of thiol groups is 1. The number of thioether (sulfide) groups is 1. The lowest BCUT2D eigenvalue weighted by Crippen LogP contribution is -2.61.